The Bertz CT molecular complexity index is 457. The first-order chi connectivity index (χ1) is 10.8. The van der Waals surface area contributed by atoms with Crippen molar-refractivity contribution in [2.45, 2.75) is 6.54 Å². The van der Waals surface area contributed by atoms with Gasteiger partial charge in [-0.15, -0.1) is 0 Å². The monoisotopic (exact) mass is 307 g/mol. The van der Waals surface area contributed by atoms with E-state index in [1.54, 1.807) is 12.1 Å². The largest absolute Gasteiger partial charge is 0.314 e. The average molecular weight is 307 g/mol. The van der Waals surface area contributed by atoms with Crippen LogP contribution in [0, 0.1) is 10.1 Å². The van der Waals surface area contributed by atoms with Gasteiger partial charge in [0.15, 0.2) is 0 Å². The Morgan fingerprint density at radius 2 is 1.50 bits per heavy atom. The minimum Gasteiger partial charge on any atom is -0.314 e. The van der Waals surface area contributed by atoms with Crippen LogP contribution in [0.1, 0.15) is 5.56 Å². The van der Waals surface area contributed by atoms with E-state index in [0.717, 1.165) is 57.9 Å². The molecule has 1 heterocycles. The number of nitro groups is 1. The third-order valence-corrected chi connectivity index (χ3v) is 3.75. The summed E-state index contributed by atoms with van der Waals surface area (Å²) in [6.45, 7) is 7.97. The van der Waals surface area contributed by atoms with Gasteiger partial charge in [-0.05, 0) is 0 Å². The number of hydrogen-bond acceptors (Lipinski definition) is 6. The summed E-state index contributed by atoms with van der Waals surface area (Å²) in [5.41, 5.74) is 0.986. The van der Waals surface area contributed by atoms with Crippen LogP contribution in [0.15, 0.2) is 24.3 Å². The van der Waals surface area contributed by atoms with Gasteiger partial charge in [0.1, 0.15) is 0 Å². The summed E-state index contributed by atoms with van der Waals surface area (Å²) in [5.74, 6) is 0. The van der Waals surface area contributed by atoms with Gasteiger partial charge in [0.25, 0.3) is 5.69 Å². The van der Waals surface area contributed by atoms with Crippen LogP contribution in [-0.2, 0) is 6.54 Å². The fourth-order valence-electron chi connectivity index (χ4n) is 2.54. The molecule has 122 valence electrons. The maximum absolute atomic E-state index is 11.1. The second-order valence-electron chi connectivity index (χ2n) is 5.41. The van der Waals surface area contributed by atoms with Crippen LogP contribution in [0.5, 0.6) is 0 Å². The van der Waals surface area contributed by atoms with Crippen molar-refractivity contribution in [3.05, 3.63) is 39.9 Å². The fourth-order valence-corrected chi connectivity index (χ4v) is 2.54. The predicted molar refractivity (Wildman–Crippen MR) is 87.0 cm³/mol. The molecule has 1 aromatic rings. The number of nitrogens with zero attached hydrogens (tertiary/aromatic N) is 2. The van der Waals surface area contributed by atoms with Crippen LogP contribution < -0.4 is 16.0 Å². The molecular weight excluding hydrogens is 282 g/mol. The van der Waals surface area contributed by atoms with Crippen molar-refractivity contribution in [3.8, 4) is 0 Å². The lowest BCUT2D eigenvalue weighted by atomic mass is 10.1. The molecule has 7 heteroatoms. The zero-order valence-electron chi connectivity index (χ0n) is 12.9. The minimum absolute atomic E-state index is 0.207. The quantitative estimate of drug-likeness (QED) is 0.546. The van der Waals surface area contributed by atoms with Gasteiger partial charge in [-0.3, -0.25) is 15.0 Å². The van der Waals surface area contributed by atoms with Crippen molar-refractivity contribution >= 4 is 5.69 Å². The zero-order valence-corrected chi connectivity index (χ0v) is 12.9. The fraction of sp³-hybridized carbons (Fsp3) is 0.600. The van der Waals surface area contributed by atoms with E-state index in [1.165, 1.54) is 0 Å². The molecule has 2 rings (SSSR count). The van der Waals surface area contributed by atoms with Crippen LogP contribution in [0.25, 0.3) is 0 Å². The Labute approximate surface area is 131 Å². The second kappa shape index (κ2) is 9.47. The van der Waals surface area contributed by atoms with Gasteiger partial charge in [0.2, 0.25) is 0 Å². The molecule has 0 aliphatic carbocycles. The molecule has 1 aliphatic heterocycles. The Kier molecular flexibility index (Phi) is 7.24. The van der Waals surface area contributed by atoms with Gasteiger partial charge in [-0.25, -0.2) is 0 Å². The van der Waals surface area contributed by atoms with Crippen molar-refractivity contribution in [1.82, 2.24) is 20.9 Å². The number of rotatable bonds is 3. The van der Waals surface area contributed by atoms with E-state index in [9.17, 15) is 10.1 Å². The highest BCUT2D eigenvalue weighted by Crippen LogP contribution is 2.19. The SMILES string of the molecule is O=[N+]([O-])c1ccccc1CN1CCNCCNCCNCC1. The highest BCUT2D eigenvalue weighted by molar-refractivity contribution is 5.39. The van der Waals surface area contributed by atoms with Crippen LogP contribution in [0.4, 0.5) is 5.69 Å². The van der Waals surface area contributed by atoms with Crippen molar-refractivity contribution in [2.75, 3.05) is 52.4 Å². The van der Waals surface area contributed by atoms with E-state index >= 15 is 0 Å². The molecule has 7 nitrogen and oxygen atoms in total. The molecule has 0 radical (unpaired) electrons. The maximum atomic E-state index is 11.1. The molecular formula is C15H25N5O2. The smallest absolute Gasteiger partial charge is 0.273 e. The van der Waals surface area contributed by atoms with E-state index < -0.39 is 0 Å². The number of benzene rings is 1. The highest BCUT2D eigenvalue weighted by atomic mass is 16.6. The van der Waals surface area contributed by atoms with Crippen LogP contribution in [-0.4, -0.2) is 62.2 Å². The van der Waals surface area contributed by atoms with Crippen molar-refractivity contribution < 1.29 is 4.92 Å². The molecule has 0 saturated carbocycles. The molecule has 3 N–H and O–H groups in total. The normalized spacial score (nSPS) is 19.1. The van der Waals surface area contributed by atoms with Crippen LogP contribution in [0.3, 0.4) is 0 Å². The van der Waals surface area contributed by atoms with Crippen LogP contribution >= 0.6 is 0 Å². The molecule has 0 bridgehead atoms. The lowest BCUT2D eigenvalue weighted by Crippen LogP contribution is -2.41. The molecule has 0 atom stereocenters. The second-order valence-corrected chi connectivity index (χ2v) is 5.41. The lowest BCUT2D eigenvalue weighted by Gasteiger charge is -2.23. The Hall–Kier alpha value is -1.54. The van der Waals surface area contributed by atoms with Gasteiger partial charge in [0.05, 0.1) is 4.92 Å². The third kappa shape index (κ3) is 5.69. The van der Waals surface area contributed by atoms with E-state index in [-0.39, 0.29) is 10.6 Å². The summed E-state index contributed by atoms with van der Waals surface area (Å²) >= 11 is 0. The number of para-hydroxylation sites is 1. The summed E-state index contributed by atoms with van der Waals surface area (Å²) in [4.78, 5) is 13.1. The van der Waals surface area contributed by atoms with Crippen molar-refractivity contribution in [2.24, 2.45) is 0 Å². The molecule has 1 aliphatic rings. The van der Waals surface area contributed by atoms with Gasteiger partial charge in [-0.1, -0.05) is 18.2 Å². The number of nitrogens with one attached hydrogen (secondary N) is 3. The molecule has 0 aromatic heterocycles. The summed E-state index contributed by atoms with van der Waals surface area (Å²) in [7, 11) is 0. The Morgan fingerprint density at radius 3 is 2.09 bits per heavy atom. The van der Waals surface area contributed by atoms with Crippen molar-refractivity contribution in [3.63, 3.8) is 0 Å². The van der Waals surface area contributed by atoms with E-state index in [2.05, 4.69) is 20.9 Å². The highest BCUT2D eigenvalue weighted by Gasteiger charge is 2.15. The maximum Gasteiger partial charge on any atom is 0.273 e. The molecule has 0 spiro atoms. The Balaban J connectivity index is 1.96. The van der Waals surface area contributed by atoms with Crippen molar-refractivity contribution in [1.29, 1.82) is 0 Å². The number of hydrogen-bond donors (Lipinski definition) is 3. The van der Waals surface area contributed by atoms with Gasteiger partial charge < -0.3 is 16.0 Å². The first-order valence-corrected chi connectivity index (χ1v) is 7.84. The topological polar surface area (TPSA) is 82.5 Å². The summed E-state index contributed by atoms with van der Waals surface area (Å²) in [5, 5.41) is 21.3. The lowest BCUT2D eigenvalue weighted by molar-refractivity contribution is -0.385. The van der Waals surface area contributed by atoms with E-state index in [1.807, 2.05) is 12.1 Å². The average Bonchev–Trinajstić information content (AvgIpc) is 2.50. The molecule has 1 fully saturated rings. The number of nitro benzene ring substituents is 1. The first kappa shape index (κ1) is 16.8. The summed E-state index contributed by atoms with van der Waals surface area (Å²) in [6.07, 6.45) is 0. The molecule has 22 heavy (non-hydrogen) atoms. The zero-order chi connectivity index (χ0) is 15.6. The first-order valence-electron chi connectivity index (χ1n) is 7.84. The van der Waals surface area contributed by atoms with E-state index in [4.69, 9.17) is 0 Å². The standard InChI is InChI=1S/C15H25N5O2/c21-20(22)15-4-2-1-3-14(15)13-19-11-9-17-7-5-16-6-8-18-10-12-19/h1-4,16-18H,5-13H2. The van der Waals surface area contributed by atoms with E-state index in [0.29, 0.717) is 6.54 Å². The molecule has 0 amide bonds. The summed E-state index contributed by atoms with van der Waals surface area (Å²) < 4.78 is 0. The van der Waals surface area contributed by atoms with Gasteiger partial charge in [-0.2, -0.15) is 0 Å². The molecule has 1 saturated heterocycles. The Morgan fingerprint density at radius 1 is 0.955 bits per heavy atom. The van der Waals surface area contributed by atoms with Crippen LogP contribution in [0.2, 0.25) is 0 Å². The predicted octanol–water partition coefficient (Wildman–Crippen LogP) is 0.179. The third-order valence-electron chi connectivity index (χ3n) is 3.75. The minimum atomic E-state index is -0.298. The van der Waals surface area contributed by atoms with Gasteiger partial charge >= 0.3 is 0 Å². The van der Waals surface area contributed by atoms with Gasteiger partial charge in [0, 0.05) is 70.5 Å². The summed E-state index contributed by atoms with van der Waals surface area (Å²) in [6, 6.07) is 7.00. The molecule has 0 unspecified atom stereocenters. The molecule has 1 aromatic carbocycles.